The Morgan fingerprint density at radius 1 is 1.56 bits per heavy atom. The fourth-order valence-corrected chi connectivity index (χ4v) is 2.19. The third-order valence-corrected chi connectivity index (χ3v) is 3.20. The summed E-state index contributed by atoms with van der Waals surface area (Å²) in [6.45, 7) is 2.48. The van der Waals surface area contributed by atoms with Gasteiger partial charge in [-0.25, -0.2) is 4.39 Å². The number of hydrogen-bond donors (Lipinski definition) is 1. The molecule has 0 radical (unpaired) electrons. The van der Waals surface area contributed by atoms with Crippen LogP contribution in [-0.4, -0.2) is 18.4 Å². The average molecular weight is 242 g/mol. The molecule has 0 amide bonds. The molecule has 1 aliphatic heterocycles. The van der Waals surface area contributed by atoms with Gasteiger partial charge in [0.15, 0.2) is 5.78 Å². The van der Waals surface area contributed by atoms with Crippen molar-refractivity contribution in [2.24, 2.45) is 0 Å². The molecule has 1 saturated heterocycles. The highest BCUT2D eigenvalue weighted by Gasteiger charge is 2.25. The molecule has 0 saturated carbocycles. The van der Waals surface area contributed by atoms with Crippen LogP contribution in [0.1, 0.15) is 28.8 Å². The van der Waals surface area contributed by atoms with Gasteiger partial charge < -0.3 is 5.32 Å². The standard InChI is InChI=1S/C12H13ClFNO/c1-7-5-8(9(13)6-10(7)14)12(16)11-3-2-4-15-11/h5-6,11,15H,2-4H2,1H3. The van der Waals surface area contributed by atoms with E-state index in [0.717, 1.165) is 19.4 Å². The van der Waals surface area contributed by atoms with Crippen molar-refractivity contribution in [3.8, 4) is 0 Å². The number of Topliss-reactive ketones (excluding diaryl/α,β-unsaturated/α-hetero) is 1. The molecule has 0 spiro atoms. The summed E-state index contributed by atoms with van der Waals surface area (Å²) < 4.78 is 13.2. The Bertz CT molecular complexity index is 427. The van der Waals surface area contributed by atoms with E-state index in [1.54, 1.807) is 6.92 Å². The van der Waals surface area contributed by atoms with Crippen LogP contribution >= 0.6 is 11.6 Å². The first-order chi connectivity index (χ1) is 7.59. The van der Waals surface area contributed by atoms with E-state index in [1.165, 1.54) is 12.1 Å². The van der Waals surface area contributed by atoms with Gasteiger partial charge in [-0.05, 0) is 44.0 Å². The molecular weight excluding hydrogens is 229 g/mol. The lowest BCUT2D eigenvalue weighted by molar-refractivity contribution is 0.0952. The Hall–Kier alpha value is -0.930. The van der Waals surface area contributed by atoms with E-state index in [4.69, 9.17) is 11.6 Å². The summed E-state index contributed by atoms with van der Waals surface area (Å²) in [5.74, 6) is -0.411. The molecule has 0 aliphatic carbocycles. The van der Waals surface area contributed by atoms with E-state index in [2.05, 4.69) is 5.32 Å². The minimum atomic E-state index is -0.374. The fraction of sp³-hybridized carbons (Fsp3) is 0.417. The Labute approximate surface area is 98.8 Å². The first kappa shape index (κ1) is 11.6. The van der Waals surface area contributed by atoms with Gasteiger partial charge in [-0.2, -0.15) is 0 Å². The van der Waals surface area contributed by atoms with Crippen LogP contribution in [0.25, 0.3) is 0 Å². The molecule has 1 atom stereocenters. The molecule has 1 aromatic carbocycles. The smallest absolute Gasteiger partial charge is 0.181 e. The number of nitrogens with one attached hydrogen (secondary N) is 1. The van der Waals surface area contributed by atoms with Gasteiger partial charge in [0.05, 0.1) is 11.1 Å². The first-order valence-corrected chi connectivity index (χ1v) is 5.70. The summed E-state index contributed by atoms with van der Waals surface area (Å²) in [6, 6.07) is 2.57. The molecule has 0 aromatic heterocycles. The molecule has 1 heterocycles. The zero-order valence-electron chi connectivity index (χ0n) is 9.02. The summed E-state index contributed by atoms with van der Waals surface area (Å²) >= 11 is 5.89. The highest BCUT2D eigenvalue weighted by molar-refractivity contribution is 6.34. The first-order valence-electron chi connectivity index (χ1n) is 5.33. The van der Waals surface area contributed by atoms with Crippen molar-refractivity contribution in [1.82, 2.24) is 5.32 Å². The lowest BCUT2D eigenvalue weighted by Gasteiger charge is -2.11. The number of aryl methyl sites for hydroxylation is 1. The second-order valence-corrected chi connectivity index (χ2v) is 4.50. The van der Waals surface area contributed by atoms with Gasteiger partial charge in [-0.15, -0.1) is 0 Å². The molecule has 2 rings (SSSR count). The van der Waals surface area contributed by atoms with E-state index in [1.807, 2.05) is 0 Å². The largest absolute Gasteiger partial charge is 0.307 e. The molecule has 86 valence electrons. The zero-order chi connectivity index (χ0) is 11.7. The lowest BCUT2D eigenvalue weighted by Crippen LogP contribution is -2.31. The fourth-order valence-electron chi connectivity index (χ4n) is 1.94. The SMILES string of the molecule is Cc1cc(C(=O)C2CCCN2)c(Cl)cc1F. The second kappa shape index (κ2) is 4.52. The molecule has 2 nitrogen and oxygen atoms in total. The van der Waals surface area contributed by atoms with Gasteiger partial charge in [0.1, 0.15) is 5.82 Å². The van der Waals surface area contributed by atoms with E-state index < -0.39 is 0 Å². The molecule has 16 heavy (non-hydrogen) atoms. The van der Waals surface area contributed by atoms with E-state index >= 15 is 0 Å². The number of carbonyl (C=O) groups is 1. The van der Waals surface area contributed by atoms with Gasteiger partial charge in [0.25, 0.3) is 0 Å². The Kier molecular flexibility index (Phi) is 3.26. The van der Waals surface area contributed by atoms with Crippen LogP contribution in [0, 0.1) is 12.7 Å². The van der Waals surface area contributed by atoms with Crippen molar-refractivity contribution in [3.05, 3.63) is 34.1 Å². The Morgan fingerprint density at radius 2 is 2.31 bits per heavy atom. The van der Waals surface area contributed by atoms with E-state index in [0.29, 0.717) is 11.1 Å². The van der Waals surface area contributed by atoms with Gasteiger partial charge in [-0.1, -0.05) is 11.6 Å². The highest BCUT2D eigenvalue weighted by Crippen LogP contribution is 2.23. The number of halogens is 2. The van der Waals surface area contributed by atoms with Crippen molar-refractivity contribution in [1.29, 1.82) is 0 Å². The number of hydrogen-bond acceptors (Lipinski definition) is 2. The minimum absolute atomic E-state index is 0.0365. The zero-order valence-corrected chi connectivity index (χ0v) is 9.77. The van der Waals surface area contributed by atoms with Gasteiger partial charge in [0, 0.05) is 5.56 Å². The summed E-state index contributed by atoms with van der Waals surface area (Å²) in [5, 5.41) is 3.31. The summed E-state index contributed by atoms with van der Waals surface area (Å²) in [7, 11) is 0. The maximum Gasteiger partial charge on any atom is 0.181 e. The molecule has 1 aliphatic rings. The molecule has 4 heteroatoms. The molecule has 1 fully saturated rings. The maximum atomic E-state index is 13.2. The summed E-state index contributed by atoms with van der Waals surface area (Å²) in [6.07, 6.45) is 1.82. The number of carbonyl (C=O) groups excluding carboxylic acids is 1. The lowest BCUT2D eigenvalue weighted by atomic mass is 10.0. The molecule has 0 bridgehead atoms. The van der Waals surface area contributed by atoms with E-state index in [9.17, 15) is 9.18 Å². The summed E-state index contributed by atoms with van der Waals surface area (Å²) in [5.41, 5.74) is 0.866. The number of ketones is 1. The average Bonchev–Trinajstić information content (AvgIpc) is 2.75. The van der Waals surface area contributed by atoms with Crippen molar-refractivity contribution >= 4 is 17.4 Å². The topological polar surface area (TPSA) is 29.1 Å². The molecule has 1 unspecified atom stereocenters. The van der Waals surface area contributed by atoms with Gasteiger partial charge in [-0.3, -0.25) is 4.79 Å². The normalized spacial score (nSPS) is 20.1. The Morgan fingerprint density at radius 3 is 2.94 bits per heavy atom. The predicted molar refractivity (Wildman–Crippen MR) is 61.5 cm³/mol. The third-order valence-electron chi connectivity index (χ3n) is 2.89. The maximum absolute atomic E-state index is 13.2. The predicted octanol–water partition coefficient (Wildman–Crippen LogP) is 2.72. The Balaban J connectivity index is 2.32. The number of rotatable bonds is 2. The molecule has 1 aromatic rings. The van der Waals surface area contributed by atoms with Crippen molar-refractivity contribution < 1.29 is 9.18 Å². The third kappa shape index (κ3) is 2.11. The van der Waals surface area contributed by atoms with Crippen LogP contribution < -0.4 is 5.32 Å². The van der Waals surface area contributed by atoms with Crippen molar-refractivity contribution in [2.75, 3.05) is 6.54 Å². The highest BCUT2D eigenvalue weighted by atomic mass is 35.5. The van der Waals surface area contributed by atoms with Gasteiger partial charge >= 0.3 is 0 Å². The van der Waals surface area contributed by atoms with Crippen molar-refractivity contribution in [3.63, 3.8) is 0 Å². The van der Waals surface area contributed by atoms with Crippen molar-refractivity contribution in [2.45, 2.75) is 25.8 Å². The number of benzene rings is 1. The van der Waals surface area contributed by atoms with Crippen LogP contribution in [0.5, 0.6) is 0 Å². The van der Waals surface area contributed by atoms with E-state index in [-0.39, 0.29) is 22.7 Å². The van der Waals surface area contributed by atoms with Crippen LogP contribution in [0.3, 0.4) is 0 Å². The van der Waals surface area contributed by atoms with Crippen LogP contribution in [0.2, 0.25) is 5.02 Å². The second-order valence-electron chi connectivity index (χ2n) is 4.09. The van der Waals surface area contributed by atoms with Gasteiger partial charge in [0.2, 0.25) is 0 Å². The molecule has 1 N–H and O–H groups in total. The van der Waals surface area contributed by atoms with Crippen LogP contribution in [0.15, 0.2) is 12.1 Å². The quantitative estimate of drug-likeness (QED) is 0.807. The van der Waals surface area contributed by atoms with Crippen LogP contribution in [0.4, 0.5) is 4.39 Å². The monoisotopic (exact) mass is 241 g/mol. The molecular formula is C12H13ClFNO. The van der Waals surface area contributed by atoms with Crippen LogP contribution in [-0.2, 0) is 0 Å². The summed E-state index contributed by atoms with van der Waals surface area (Å²) in [4.78, 5) is 12.1. The minimum Gasteiger partial charge on any atom is -0.307 e.